The molecule has 0 bridgehead atoms. The lowest BCUT2D eigenvalue weighted by Gasteiger charge is -2.26. The summed E-state index contributed by atoms with van der Waals surface area (Å²) in [6, 6.07) is 57.6. The molecule has 0 unspecified atom stereocenters. The number of ketones is 2. The zero-order valence-electron chi connectivity index (χ0n) is 25.5. The number of anilines is 3. The van der Waals surface area contributed by atoms with Gasteiger partial charge in [0.1, 0.15) is 0 Å². The summed E-state index contributed by atoms with van der Waals surface area (Å²) in [6.07, 6.45) is 1.72. The highest BCUT2D eigenvalue weighted by atomic mass is 16.2. The van der Waals surface area contributed by atoms with Crippen LogP contribution in [0, 0.1) is 0 Å². The van der Waals surface area contributed by atoms with E-state index >= 15 is 0 Å². The van der Waals surface area contributed by atoms with E-state index in [9.17, 15) is 9.59 Å². The number of carbonyl (C=O) groups excluding carboxylic acids is 2. The first-order valence-corrected chi connectivity index (χ1v) is 15.7. The topological polar surface area (TPSA) is 37.4 Å². The van der Waals surface area contributed by atoms with Crippen LogP contribution in [0.25, 0.3) is 39.1 Å². The first kappa shape index (κ1) is 28.2. The first-order valence-electron chi connectivity index (χ1n) is 15.7. The van der Waals surface area contributed by atoms with Crippen molar-refractivity contribution < 1.29 is 9.59 Å². The molecule has 1 aliphatic rings. The molecule has 1 aliphatic carbocycles. The molecule has 7 aromatic rings. The van der Waals surface area contributed by atoms with Gasteiger partial charge in [0.25, 0.3) is 0 Å². The van der Waals surface area contributed by atoms with Crippen LogP contribution in [0.15, 0.2) is 175 Å². The molecule has 0 atom stereocenters. The summed E-state index contributed by atoms with van der Waals surface area (Å²) in [4.78, 5) is 28.2. The predicted molar refractivity (Wildman–Crippen MR) is 193 cm³/mol. The maximum atomic E-state index is 13.0. The predicted octanol–water partition coefficient (Wildman–Crippen LogP) is 11.1. The van der Waals surface area contributed by atoms with Gasteiger partial charge in [-0.3, -0.25) is 9.59 Å². The number of carbonyl (C=O) groups is 2. The van der Waals surface area contributed by atoms with Crippen molar-refractivity contribution in [2.24, 2.45) is 0 Å². The minimum Gasteiger partial charge on any atom is -0.310 e. The molecule has 222 valence electrons. The average molecular weight is 604 g/mol. The second-order valence-electron chi connectivity index (χ2n) is 11.7. The SMILES string of the molecule is O=C1C(=Cc2ccc3cc(N(c4ccc(-c5ccccc5)cc4)c4ccc(-c5ccccc5)cc4)ccc3c2)C(=O)c2ccccc21. The van der Waals surface area contributed by atoms with E-state index in [1.807, 2.05) is 24.3 Å². The highest BCUT2D eigenvalue weighted by molar-refractivity contribution is 6.41. The van der Waals surface area contributed by atoms with Gasteiger partial charge in [-0.15, -0.1) is 0 Å². The van der Waals surface area contributed by atoms with Gasteiger partial charge in [0.05, 0.1) is 5.57 Å². The number of fused-ring (bicyclic) bond motifs is 2. The molecule has 0 saturated carbocycles. The third-order valence-electron chi connectivity index (χ3n) is 8.79. The molecule has 47 heavy (non-hydrogen) atoms. The second kappa shape index (κ2) is 11.9. The van der Waals surface area contributed by atoms with Crippen molar-refractivity contribution >= 4 is 45.5 Å². The Morgan fingerprint density at radius 2 is 0.809 bits per heavy atom. The van der Waals surface area contributed by atoms with Crippen LogP contribution in [-0.4, -0.2) is 11.6 Å². The van der Waals surface area contributed by atoms with Gasteiger partial charge in [-0.1, -0.05) is 127 Å². The van der Waals surface area contributed by atoms with Crippen LogP contribution in [0.5, 0.6) is 0 Å². The summed E-state index contributed by atoms with van der Waals surface area (Å²) >= 11 is 0. The highest BCUT2D eigenvalue weighted by Gasteiger charge is 2.32. The van der Waals surface area contributed by atoms with Crippen LogP contribution in [0.1, 0.15) is 26.3 Å². The fourth-order valence-electron chi connectivity index (χ4n) is 6.36. The van der Waals surface area contributed by atoms with Crippen LogP contribution in [-0.2, 0) is 0 Å². The van der Waals surface area contributed by atoms with Gasteiger partial charge >= 0.3 is 0 Å². The molecular formula is C44H29NO2. The number of hydrogen-bond acceptors (Lipinski definition) is 3. The lowest BCUT2D eigenvalue weighted by Crippen LogP contribution is -2.09. The van der Waals surface area contributed by atoms with Crippen LogP contribution in [0.3, 0.4) is 0 Å². The molecule has 3 heteroatoms. The Morgan fingerprint density at radius 3 is 1.34 bits per heavy atom. The number of nitrogens with zero attached hydrogens (tertiary/aromatic N) is 1. The second-order valence-corrected chi connectivity index (χ2v) is 11.7. The van der Waals surface area contributed by atoms with E-state index in [2.05, 4.69) is 126 Å². The summed E-state index contributed by atoms with van der Waals surface area (Å²) < 4.78 is 0. The van der Waals surface area contributed by atoms with E-state index in [4.69, 9.17) is 0 Å². The summed E-state index contributed by atoms with van der Waals surface area (Å²) in [5.41, 5.74) is 9.80. The van der Waals surface area contributed by atoms with Crippen molar-refractivity contribution in [1.82, 2.24) is 0 Å². The van der Waals surface area contributed by atoms with E-state index in [0.717, 1.165) is 44.5 Å². The zero-order chi connectivity index (χ0) is 31.7. The average Bonchev–Trinajstić information content (AvgIpc) is 3.38. The fraction of sp³-hybridized carbons (Fsp3) is 0. The summed E-state index contributed by atoms with van der Waals surface area (Å²) in [6.45, 7) is 0. The Balaban J connectivity index is 1.16. The Morgan fingerprint density at radius 1 is 0.383 bits per heavy atom. The van der Waals surface area contributed by atoms with Crippen molar-refractivity contribution in [2.75, 3.05) is 4.90 Å². The molecule has 0 fully saturated rings. The Kier molecular flexibility index (Phi) is 7.12. The molecule has 0 heterocycles. The quantitative estimate of drug-likeness (QED) is 0.140. The maximum absolute atomic E-state index is 13.0. The third kappa shape index (κ3) is 5.34. The first-order chi connectivity index (χ1) is 23.1. The van der Waals surface area contributed by atoms with E-state index in [-0.39, 0.29) is 17.1 Å². The Bertz CT molecular complexity index is 2180. The van der Waals surface area contributed by atoms with Crippen LogP contribution in [0.2, 0.25) is 0 Å². The zero-order valence-corrected chi connectivity index (χ0v) is 25.5. The number of hydrogen-bond donors (Lipinski definition) is 0. The molecule has 0 N–H and O–H groups in total. The molecule has 0 amide bonds. The maximum Gasteiger partial charge on any atom is 0.197 e. The van der Waals surface area contributed by atoms with Gasteiger partial charge in [-0.05, 0) is 87.1 Å². The molecule has 8 rings (SSSR count). The van der Waals surface area contributed by atoms with Gasteiger partial charge in [-0.25, -0.2) is 0 Å². The third-order valence-corrected chi connectivity index (χ3v) is 8.79. The largest absolute Gasteiger partial charge is 0.310 e. The molecule has 0 spiro atoms. The van der Waals surface area contributed by atoms with Gasteiger partial charge in [0.2, 0.25) is 0 Å². The normalized spacial score (nSPS) is 12.3. The summed E-state index contributed by atoms with van der Waals surface area (Å²) in [7, 11) is 0. The lowest BCUT2D eigenvalue weighted by atomic mass is 10.0. The molecule has 3 nitrogen and oxygen atoms in total. The Hall–Kier alpha value is -6.32. The molecule has 0 aromatic heterocycles. The van der Waals surface area contributed by atoms with Gasteiger partial charge in [-0.2, -0.15) is 0 Å². The molecule has 0 radical (unpaired) electrons. The van der Waals surface area contributed by atoms with Crippen molar-refractivity contribution in [3.05, 3.63) is 192 Å². The minimum absolute atomic E-state index is 0.214. The number of allylic oxidation sites excluding steroid dienone is 1. The Labute approximate surface area is 273 Å². The number of rotatable bonds is 6. The van der Waals surface area contributed by atoms with Crippen LogP contribution >= 0.6 is 0 Å². The summed E-state index contributed by atoms with van der Waals surface area (Å²) in [5, 5.41) is 2.08. The van der Waals surface area contributed by atoms with Gasteiger partial charge in [0.15, 0.2) is 11.6 Å². The molecular weight excluding hydrogens is 574 g/mol. The van der Waals surface area contributed by atoms with Gasteiger partial charge < -0.3 is 4.90 Å². The summed E-state index contributed by atoms with van der Waals surface area (Å²) in [5.74, 6) is -0.429. The standard InChI is InChI=1S/C44H29NO2/c46-43-40-13-7-8-14-41(40)44(47)42(43)28-30-15-16-36-29-39(26-21-35(36)27-30)45(37-22-17-33(18-23-37)31-9-3-1-4-10-31)38-24-19-34(20-25-38)32-11-5-2-6-12-32/h1-29H. The van der Waals surface area contributed by atoms with E-state index in [1.54, 1.807) is 30.3 Å². The van der Waals surface area contributed by atoms with E-state index < -0.39 is 0 Å². The minimum atomic E-state index is -0.215. The van der Waals surface area contributed by atoms with Crippen molar-refractivity contribution in [2.45, 2.75) is 0 Å². The number of Topliss-reactive ketones (excluding diaryl/α,β-unsaturated/α-hetero) is 2. The van der Waals surface area contributed by atoms with Crippen molar-refractivity contribution in [3.63, 3.8) is 0 Å². The van der Waals surface area contributed by atoms with E-state index in [1.165, 1.54) is 11.1 Å². The molecule has 7 aromatic carbocycles. The van der Waals surface area contributed by atoms with Crippen molar-refractivity contribution in [3.8, 4) is 22.3 Å². The number of benzene rings is 7. The smallest absolute Gasteiger partial charge is 0.197 e. The highest BCUT2D eigenvalue weighted by Crippen LogP contribution is 2.38. The fourth-order valence-corrected chi connectivity index (χ4v) is 6.36. The van der Waals surface area contributed by atoms with E-state index in [0.29, 0.717) is 11.1 Å². The molecule has 0 saturated heterocycles. The van der Waals surface area contributed by atoms with Crippen LogP contribution in [0.4, 0.5) is 17.1 Å². The van der Waals surface area contributed by atoms with Crippen molar-refractivity contribution in [1.29, 1.82) is 0 Å². The molecule has 0 aliphatic heterocycles. The van der Waals surface area contributed by atoms with Gasteiger partial charge in [0, 0.05) is 28.2 Å². The monoisotopic (exact) mass is 603 g/mol. The lowest BCUT2D eigenvalue weighted by molar-refractivity contribution is 0.0990. The van der Waals surface area contributed by atoms with Crippen LogP contribution < -0.4 is 4.90 Å².